The minimum absolute atomic E-state index is 0. The van der Waals surface area contributed by atoms with Gasteiger partial charge < -0.3 is 16.0 Å². The lowest BCUT2D eigenvalue weighted by Gasteiger charge is -2.18. The Morgan fingerprint density at radius 2 is 1.96 bits per heavy atom. The number of halogens is 2. The zero-order valence-electron chi connectivity index (χ0n) is 16.7. The maximum absolute atomic E-state index is 13.8. The van der Waals surface area contributed by atoms with Crippen LogP contribution in [0.3, 0.4) is 0 Å². The molecule has 2 aromatic carbocycles. The Hall–Kier alpha value is -2.16. The summed E-state index contributed by atoms with van der Waals surface area (Å²) in [5.41, 5.74) is 3.02. The van der Waals surface area contributed by atoms with Crippen molar-refractivity contribution in [3.05, 3.63) is 70.5 Å². The van der Waals surface area contributed by atoms with E-state index in [0.29, 0.717) is 30.2 Å². The van der Waals surface area contributed by atoms with E-state index in [2.05, 4.69) is 20.9 Å². The van der Waals surface area contributed by atoms with Crippen molar-refractivity contribution < 1.29 is 9.18 Å². The Morgan fingerprint density at radius 1 is 1.21 bits per heavy atom. The standard InChI is InChI=1S/C21H27FN4O.HI/c1-5-24-21(26-15(3)17-10-9-14(2)19(22)12-17)25-13-16-7-6-8-18(11-16)20(27)23-4;/h6-12,15H,5,13H2,1-4H3,(H,23,27)(H2,24,25,26);1H. The summed E-state index contributed by atoms with van der Waals surface area (Å²) in [5, 5.41) is 9.10. The predicted octanol–water partition coefficient (Wildman–Crippen LogP) is 3.93. The zero-order chi connectivity index (χ0) is 19.8. The third-order valence-electron chi connectivity index (χ3n) is 4.23. The first kappa shape index (κ1) is 23.9. The lowest BCUT2D eigenvalue weighted by atomic mass is 10.1. The second-order valence-electron chi connectivity index (χ2n) is 6.35. The molecule has 7 heteroatoms. The molecule has 0 aliphatic heterocycles. The summed E-state index contributed by atoms with van der Waals surface area (Å²) >= 11 is 0. The van der Waals surface area contributed by atoms with Crippen molar-refractivity contribution in [2.45, 2.75) is 33.4 Å². The Kier molecular flexibility index (Phi) is 9.92. The van der Waals surface area contributed by atoms with Gasteiger partial charge in [0.25, 0.3) is 5.91 Å². The fraction of sp³-hybridized carbons (Fsp3) is 0.333. The summed E-state index contributed by atoms with van der Waals surface area (Å²) in [4.78, 5) is 16.3. The number of aryl methyl sites for hydroxylation is 1. The van der Waals surface area contributed by atoms with Gasteiger partial charge in [-0.05, 0) is 55.7 Å². The van der Waals surface area contributed by atoms with Gasteiger partial charge in [-0.15, -0.1) is 24.0 Å². The largest absolute Gasteiger partial charge is 0.357 e. The van der Waals surface area contributed by atoms with E-state index in [4.69, 9.17) is 0 Å². The number of hydrogen-bond donors (Lipinski definition) is 3. The van der Waals surface area contributed by atoms with Crippen molar-refractivity contribution in [1.29, 1.82) is 0 Å². The summed E-state index contributed by atoms with van der Waals surface area (Å²) in [5.74, 6) is 0.298. The van der Waals surface area contributed by atoms with Gasteiger partial charge in [-0.3, -0.25) is 4.79 Å². The molecule has 2 aromatic rings. The van der Waals surface area contributed by atoms with Crippen LogP contribution in [0.5, 0.6) is 0 Å². The minimum Gasteiger partial charge on any atom is -0.357 e. The quantitative estimate of drug-likeness (QED) is 0.322. The van der Waals surface area contributed by atoms with Gasteiger partial charge in [-0.25, -0.2) is 9.38 Å². The average Bonchev–Trinajstić information content (AvgIpc) is 2.67. The molecule has 2 rings (SSSR count). The van der Waals surface area contributed by atoms with Crippen molar-refractivity contribution in [2.75, 3.05) is 13.6 Å². The lowest BCUT2D eigenvalue weighted by Crippen LogP contribution is -2.38. The van der Waals surface area contributed by atoms with Gasteiger partial charge in [0.15, 0.2) is 5.96 Å². The van der Waals surface area contributed by atoms with Gasteiger partial charge in [0, 0.05) is 19.2 Å². The summed E-state index contributed by atoms with van der Waals surface area (Å²) in [6.45, 7) is 6.83. The van der Waals surface area contributed by atoms with E-state index in [1.54, 1.807) is 32.2 Å². The van der Waals surface area contributed by atoms with Gasteiger partial charge in [0.1, 0.15) is 5.82 Å². The number of guanidine groups is 1. The molecular weight excluding hydrogens is 470 g/mol. The van der Waals surface area contributed by atoms with Gasteiger partial charge in [0.2, 0.25) is 0 Å². The summed E-state index contributed by atoms with van der Waals surface area (Å²) in [7, 11) is 1.61. The van der Waals surface area contributed by atoms with Crippen molar-refractivity contribution in [3.8, 4) is 0 Å². The van der Waals surface area contributed by atoms with Crippen LogP contribution < -0.4 is 16.0 Å². The molecule has 152 valence electrons. The molecule has 0 radical (unpaired) electrons. The first-order valence-electron chi connectivity index (χ1n) is 9.06. The van der Waals surface area contributed by atoms with Crippen LogP contribution in [0.15, 0.2) is 47.5 Å². The van der Waals surface area contributed by atoms with E-state index in [0.717, 1.165) is 11.1 Å². The number of benzene rings is 2. The first-order valence-corrected chi connectivity index (χ1v) is 9.06. The van der Waals surface area contributed by atoms with E-state index in [1.165, 1.54) is 0 Å². The van der Waals surface area contributed by atoms with Crippen LogP contribution in [0, 0.1) is 12.7 Å². The van der Waals surface area contributed by atoms with Gasteiger partial charge in [0.05, 0.1) is 12.6 Å². The molecule has 28 heavy (non-hydrogen) atoms. The van der Waals surface area contributed by atoms with Crippen LogP contribution in [0.1, 0.15) is 46.9 Å². The van der Waals surface area contributed by atoms with Crippen molar-refractivity contribution in [1.82, 2.24) is 16.0 Å². The van der Waals surface area contributed by atoms with Crippen LogP contribution in [0.25, 0.3) is 0 Å². The Balaban J connectivity index is 0.00000392. The van der Waals surface area contributed by atoms with Crippen LogP contribution >= 0.6 is 24.0 Å². The second kappa shape index (κ2) is 11.6. The molecule has 0 fully saturated rings. The molecule has 3 N–H and O–H groups in total. The van der Waals surface area contributed by atoms with E-state index in [9.17, 15) is 9.18 Å². The molecule has 0 saturated carbocycles. The summed E-state index contributed by atoms with van der Waals surface area (Å²) < 4.78 is 13.8. The Morgan fingerprint density at radius 3 is 2.61 bits per heavy atom. The molecule has 5 nitrogen and oxygen atoms in total. The molecule has 0 bridgehead atoms. The fourth-order valence-corrected chi connectivity index (χ4v) is 2.61. The Bertz CT molecular complexity index is 826. The smallest absolute Gasteiger partial charge is 0.251 e. The van der Waals surface area contributed by atoms with E-state index in [-0.39, 0.29) is 41.7 Å². The van der Waals surface area contributed by atoms with Crippen molar-refractivity contribution in [2.24, 2.45) is 4.99 Å². The SMILES string of the molecule is CCNC(=NCc1cccc(C(=O)NC)c1)NC(C)c1ccc(C)c(F)c1.I. The highest BCUT2D eigenvalue weighted by Crippen LogP contribution is 2.16. The highest BCUT2D eigenvalue weighted by atomic mass is 127. The predicted molar refractivity (Wildman–Crippen MR) is 123 cm³/mol. The molecular formula is C21H28FIN4O. The van der Waals surface area contributed by atoms with E-state index >= 15 is 0 Å². The molecule has 0 spiro atoms. The Labute approximate surface area is 183 Å². The number of rotatable bonds is 6. The van der Waals surface area contributed by atoms with E-state index in [1.807, 2.05) is 38.1 Å². The van der Waals surface area contributed by atoms with Gasteiger partial charge in [-0.1, -0.05) is 24.3 Å². The van der Waals surface area contributed by atoms with Crippen molar-refractivity contribution >= 4 is 35.8 Å². The molecule has 1 atom stereocenters. The van der Waals surface area contributed by atoms with Gasteiger partial charge >= 0.3 is 0 Å². The van der Waals surface area contributed by atoms with Crippen LogP contribution in [0.2, 0.25) is 0 Å². The molecule has 0 aliphatic rings. The molecule has 1 unspecified atom stereocenters. The molecule has 0 aromatic heterocycles. The van der Waals surface area contributed by atoms with Crippen LogP contribution in [-0.2, 0) is 6.54 Å². The third-order valence-corrected chi connectivity index (χ3v) is 4.23. The van der Waals surface area contributed by atoms with Crippen molar-refractivity contribution in [3.63, 3.8) is 0 Å². The minimum atomic E-state index is -0.214. The highest BCUT2D eigenvalue weighted by Gasteiger charge is 2.10. The number of aliphatic imine (C=N–C) groups is 1. The maximum atomic E-state index is 13.8. The topological polar surface area (TPSA) is 65.5 Å². The average molecular weight is 498 g/mol. The molecule has 0 aliphatic carbocycles. The number of amides is 1. The fourth-order valence-electron chi connectivity index (χ4n) is 2.61. The first-order chi connectivity index (χ1) is 12.9. The normalized spacial score (nSPS) is 12.0. The van der Waals surface area contributed by atoms with E-state index < -0.39 is 0 Å². The molecule has 0 heterocycles. The summed E-state index contributed by atoms with van der Waals surface area (Å²) in [6, 6.07) is 12.5. The lowest BCUT2D eigenvalue weighted by molar-refractivity contribution is 0.0963. The van der Waals surface area contributed by atoms with Crippen LogP contribution in [0.4, 0.5) is 4.39 Å². The number of hydrogen-bond acceptors (Lipinski definition) is 2. The molecule has 0 saturated heterocycles. The van der Waals surface area contributed by atoms with Crippen LogP contribution in [-0.4, -0.2) is 25.5 Å². The zero-order valence-corrected chi connectivity index (χ0v) is 19.0. The molecule has 1 amide bonds. The number of nitrogens with one attached hydrogen (secondary N) is 3. The summed E-state index contributed by atoms with van der Waals surface area (Å²) in [6.07, 6.45) is 0. The number of carbonyl (C=O) groups excluding carboxylic acids is 1. The maximum Gasteiger partial charge on any atom is 0.251 e. The monoisotopic (exact) mass is 498 g/mol. The highest BCUT2D eigenvalue weighted by molar-refractivity contribution is 14.0. The number of nitrogens with zero attached hydrogens (tertiary/aromatic N) is 1. The van der Waals surface area contributed by atoms with Gasteiger partial charge in [-0.2, -0.15) is 0 Å². The second-order valence-corrected chi connectivity index (χ2v) is 6.35. The number of carbonyl (C=O) groups is 1. The third kappa shape index (κ3) is 6.78.